The Hall–Kier alpha value is -1.17. The molecule has 2 fully saturated rings. The van der Waals surface area contributed by atoms with Crippen molar-refractivity contribution in [1.29, 1.82) is 0 Å². The molecule has 2 aliphatic rings. The predicted octanol–water partition coefficient (Wildman–Crippen LogP) is 2.47. The highest BCUT2D eigenvalue weighted by Gasteiger charge is 2.34. The molecule has 0 unspecified atom stereocenters. The molecule has 1 heterocycles. The minimum absolute atomic E-state index is 0.0426. The van der Waals surface area contributed by atoms with Crippen LogP contribution in [0.3, 0.4) is 0 Å². The average molecular weight is 328 g/mol. The van der Waals surface area contributed by atoms with Gasteiger partial charge in [-0.15, -0.1) is 0 Å². The standard InChI is InChI=1S/C16H19ClFNO3/c17-12-2-1-3-13(18)11(12)9-16(20)19-10-4-5-14-15(8-10)22-7-6-21-14/h1-3,10,14-15H,4-9H2,(H,19,20)/t10-,14+,15+/m1/s1. The fourth-order valence-electron chi connectivity index (χ4n) is 3.14. The van der Waals surface area contributed by atoms with Gasteiger partial charge >= 0.3 is 0 Å². The summed E-state index contributed by atoms with van der Waals surface area (Å²) in [7, 11) is 0. The van der Waals surface area contributed by atoms with E-state index >= 15 is 0 Å². The van der Waals surface area contributed by atoms with Crippen molar-refractivity contribution in [2.24, 2.45) is 0 Å². The number of carbonyl (C=O) groups excluding carboxylic acids is 1. The molecule has 1 aliphatic carbocycles. The van der Waals surface area contributed by atoms with Crippen LogP contribution in [0, 0.1) is 5.82 Å². The van der Waals surface area contributed by atoms with Gasteiger partial charge < -0.3 is 14.8 Å². The fourth-order valence-corrected chi connectivity index (χ4v) is 3.37. The summed E-state index contributed by atoms with van der Waals surface area (Å²) in [6, 6.07) is 4.47. The average Bonchev–Trinajstić information content (AvgIpc) is 2.51. The molecule has 1 saturated carbocycles. The van der Waals surface area contributed by atoms with Crippen LogP contribution in [0.5, 0.6) is 0 Å². The van der Waals surface area contributed by atoms with Gasteiger partial charge in [-0.25, -0.2) is 4.39 Å². The fraction of sp³-hybridized carbons (Fsp3) is 0.562. The lowest BCUT2D eigenvalue weighted by Crippen LogP contribution is -2.49. The molecule has 3 atom stereocenters. The van der Waals surface area contributed by atoms with Crippen molar-refractivity contribution in [1.82, 2.24) is 5.32 Å². The first kappa shape index (κ1) is 15.7. The molecule has 1 aliphatic heterocycles. The van der Waals surface area contributed by atoms with E-state index in [9.17, 15) is 9.18 Å². The molecule has 1 aromatic rings. The van der Waals surface area contributed by atoms with Crippen molar-refractivity contribution in [3.63, 3.8) is 0 Å². The lowest BCUT2D eigenvalue weighted by molar-refractivity contribution is -0.158. The number of halogens is 2. The van der Waals surface area contributed by atoms with Crippen molar-refractivity contribution < 1.29 is 18.7 Å². The van der Waals surface area contributed by atoms with E-state index in [4.69, 9.17) is 21.1 Å². The van der Waals surface area contributed by atoms with Crippen molar-refractivity contribution >= 4 is 17.5 Å². The highest BCUT2D eigenvalue weighted by molar-refractivity contribution is 6.31. The zero-order valence-corrected chi connectivity index (χ0v) is 12.9. The number of ether oxygens (including phenoxy) is 2. The third-order valence-corrected chi connectivity index (χ3v) is 4.60. The number of rotatable bonds is 3. The third-order valence-electron chi connectivity index (χ3n) is 4.24. The normalized spacial score (nSPS) is 28.0. The zero-order valence-electron chi connectivity index (χ0n) is 12.2. The number of fused-ring (bicyclic) bond motifs is 1. The Morgan fingerprint density at radius 2 is 2.05 bits per heavy atom. The second-order valence-electron chi connectivity index (χ2n) is 5.77. The van der Waals surface area contributed by atoms with E-state index in [1.165, 1.54) is 12.1 Å². The Kier molecular flexibility index (Phi) is 4.96. The summed E-state index contributed by atoms with van der Waals surface area (Å²) >= 11 is 5.95. The lowest BCUT2D eigenvalue weighted by atomic mass is 9.89. The van der Waals surface area contributed by atoms with Gasteiger partial charge in [0.15, 0.2) is 0 Å². The summed E-state index contributed by atoms with van der Waals surface area (Å²) in [6.07, 6.45) is 2.60. The van der Waals surface area contributed by atoms with Crippen LogP contribution in [-0.2, 0) is 20.7 Å². The minimum Gasteiger partial charge on any atom is -0.373 e. The van der Waals surface area contributed by atoms with Gasteiger partial charge in [-0.05, 0) is 31.4 Å². The van der Waals surface area contributed by atoms with Crippen LogP contribution in [0.15, 0.2) is 18.2 Å². The highest BCUT2D eigenvalue weighted by atomic mass is 35.5. The maximum absolute atomic E-state index is 13.7. The van der Waals surface area contributed by atoms with Crippen molar-refractivity contribution in [3.05, 3.63) is 34.6 Å². The Morgan fingerprint density at radius 1 is 1.27 bits per heavy atom. The summed E-state index contributed by atoms with van der Waals surface area (Å²) in [5.74, 6) is -0.664. The molecule has 22 heavy (non-hydrogen) atoms. The van der Waals surface area contributed by atoms with Gasteiger partial charge in [-0.3, -0.25) is 4.79 Å². The number of amides is 1. The Morgan fingerprint density at radius 3 is 2.82 bits per heavy atom. The van der Waals surface area contributed by atoms with Crippen molar-refractivity contribution in [3.8, 4) is 0 Å². The zero-order chi connectivity index (χ0) is 15.5. The Balaban J connectivity index is 1.56. The minimum atomic E-state index is -0.449. The van der Waals surface area contributed by atoms with Crippen LogP contribution >= 0.6 is 11.6 Å². The van der Waals surface area contributed by atoms with Crippen molar-refractivity contribution in [2.45, 2.75) is 43.9 Å². The molecular weight excluding hydrogens is 309 g/mol. The smallest absolute Gasteiger partial charge is 0.224 e. The van der Waals surface area contributed by atoms with Gasteiger partial charge in [0.2, 0.25) is 5.91 Å². The highest BCUT2D eigenvalue weighted by Crippen LogP contribution is 2.27. The molecule has 0 aromatic heterocycles. The van der Waals surface area contributed by atoms with E-state index in [2.05, 4.69) is 5.32 Å². The molecule has 120 valence electrons. The van der Waals surface area contributed by atoms with E-state index in [0.29, 0.717) is 13.2 Å². The largest absolute Gasteiger partial charge is 0.373 e. The number of hydrogen-bond donors (Lipinski definition) is 1. The second kappa shape index (κ2) is 6.94. The molecule has 1 aromatic carbocycles. The van der Waals surface area contributed by atoms with Gasteiger partial charge in [0.05, 0.1) is 31.8 Å². The first-order chi connectivity index (χ1) is 10.6. The van der Waals surface area contributed by atoms with E-state index < -0.39 is 5.82 Å². The first-order valence-corrected chi connectivity index (χ1v) is 7.96. The van der Waals surface area contributed by atoms with E-state index in [-0.39, 0.29) is 41.2 Å². The van der Waals surface area contributed by atoms with Gasteiger partial charge in [-0.1, -0.05) is 17.7 Å². The summed E-state index contributed by atoms with van der Waals surface area (Å²) in [5.41, 5.74) is 0.243. The quantitative estimate of drug-likeness (QED) is 0.927. The van der Waals surface area contributed by atoms with E-state index in [1.54, 1.807) is 6.07 Å². The van der Waals surface area contributed by atoms with Crippen LogP contribution < -0.4 is 5.32 Å². The molecule has 0 spiro atoms. The molecule has 3 rings (SSSR count). The molecule has 0 radical (unpaired) electrons. The van der Waals surface area contributed by atoms with Crippen molar-refractivity contribution in [2.75, 3.05) is 13.2 Å². The molecule has 1 N–H and O–H groups in total. The van der Waals surface area contributed by atoms with Crippen LogP contribution in [0.4, 0.5) is 4.39 Å². The SMILES string of the molecule is O=C(Cc1c(F)cccc1Cl)N[C@@H]1CC[C@@H]2OCCO[C@H]2C1. The summed E-state index contributed by atoms with van der Waals surface area (Å²) in [6.45, 7) is 1.25. The lowest BCUT2D eigenvalue weighted by Gasteiger charge is -2.39. The van der Waals surface area contributed by atoms with Crippen LogP contribution in [0.25, 0.3) is 0 Å². The Labute approximate surface area is 133 Å². The topological polar surface area (TPSA) is 47.6 Å². The van der Waals surface area contributed by atoms with E-state index in [0.717, 1.165) is 19.3 Å². The number of hydrogen-bond acceptors (Lipinski definition) is 3. The molecule has 1 saturated heterocycles. The third kappa shape index (κ3) is 3.59. The van der Waals surface area contributed by atoms with Gasteiger partial charge in [0, 0.05) is 16.6 Å². The molecule has 4 nitrogen and oxygen atoms in total. The molecule has 6 heteroatoms. The van der Waals surface area contributed by atoms with Crippen LogP contribution in [0.2, 0.25) is 5.02 Å². The molecular formula is C16H19ClFNO3. The summed E-state index contributed by atoms with van der Waals surface area (Å²) in [5, 5.41) is 3.24. The number of carbonyl (C=O) groups is 1. The van der Waals surface area contributed by atoms with E-state index in [1.807, 2.05) is 0 Å². The maximum Gasteiger partial charge on any atom is 0.224 e. The number of benzene rings is 1. The molecule has 0 bridgehead atoms. The summed E-state index contributed by atoms with van der Waals surface area (Å²) in [4.78, 5) is 12.1. The monoisotopic (exact) mass is 327 g/mol. The van der Waals surface area contributed by atoms with Gasteiger partial charge in [0.25, 0.3) is 0 Å². The first-order valence-electron chi connectivity index (χ1n) is 7.59. The van der Waals surface area contributed by atoms with Crippen LogP contribution in [-0.4, -0.2) is 37.4 Å². The van der Waals surface area contributed by atoms with Gasteiger partial charge in [0.1, 0.15) is 5.82 Å². The Bertz CT molecular complexity index is 534. The second-order valence-corrected chi connectivity index (χ2v) is 6.18. The van der Waals surface area contributed by atoms with Gasteiger partial charge in [-0.2, -0.15) is 0 Å². The number of nitrogens with one attached hydrogen (secondary N) is 1. The van der Waals surface area contributed by atoms with Crippen LogP contribution in [0.1, 0.15) is 24.8 Å². The summed E-state index contributed by atoms with van der Waals surface area (Å²) < 4.78 is 25.1. The maximum atomic E-state index is 13.7. The predicted molar refractivity (Wildman–Crippen MR) is 80.4 cm³/mol. The molecule has 1 amide bonds.